The van der Waals surface area contributed by atoms with E-state index in [1.165, 1.54) is 0 Å². The van der Waals surface area contributed by atoms with Crippen molar-refractivity contribution in [3.8, 4) is 17.5 Å². The molecule has 0 radical (unpaired) electrons. The quantitative estimate of drug-likeness (QED) is 0.654. The lowest BCUT2D eigenvalue weighted by Crippen LogP contribution is -2.34. The van der Waals surface area contributed by atoms with Gasteiger partial charge in [0.25, 0.3) is 0 Å². The van der Waals surface area contributed by atoms with Gasteiger partial charge >= 0.3 is 0 Å². The summed E-state index contributed by atoms with van der Waals surface area (Å²) in [7, 11) is 0. The summed E-state index contributed by atoms with van der Waals surface area (Å²) < 4.78 is 12.0. The number of phenols is 1. The largest absolute Gasteiger partial charge is 0.506 e. The predicted octanol–water partition coefficient (Wildman–Crippen LogP) is 5.16. The molecule has 2 aromatic heterocycles. The normalized spacial score (nSPS) is 22.3. The minimum absolute atomic E-state index is 0.136. The Balaban J connectivity index is 1.39. The van der Waals surface area contributed by atoms with Crippen LogP contribution in [0.15, 0.2) is 47.6 Å². The summed E-state index contributed by atoms with van der Waals surface area (Å²) in [6.07, 6.45) is 5.08. The van der Waals surface area contributed by atoms with E-state index in [9.17, 15) is 5.11 Å². The van der Waals surface area contributed by atoms with Crippen molar-refractivity contribution >= 4 is 16.8 Å². The molecular weight excluding hydrogens is 378 g/mol. The van der Waals surface area contributed by atoms with Crippen molar-refractivity contribution in [3.05, 3.63) is 53.7 Å². The Bertz CT molecular complexity index is 1160. The first-order valence-electron chi connectivity index (χ1n) is 10.4. The highest BCUT2D eigenvalue weighted by atomic mass is 16.5. The molecule has 0 saturated heterocycles. The molecular formula is C24H25N3O3. The number of fused-ring (bicyclic) bond motifs is 2. The molecule has 6 heteroatoms. The number of aromatic nitrogens is 2. The zero-order chi connectivity index (χ0) is 20.9. The number of rotatable bonds is 3. The lowest BCUT2D eigenvalue weighted by atomic mass is 9.74. The van der Waals surface area contributed by atoms with Gasteiger partial charge in [-0.25, -0.2) is 15.0 Å². The molecule has 1 aliphatic heterocycles. The molecule has 1 aromatic carbocycles. The van der Waals surface area contributed by atoms with Gasteiger partial charge in [-0.3, -0.25) is 0 Å². The number of phenolic OH excluding ortho intramolecular Hbond substituents is 1. The summed E-state index contributed by atoms with van der Waals surface area (Å²) in [5, 5.41) is 11.1. The Hall–Kier alpha value is -3.15. The highest BCUT2D eigenvalue weighted by molar-refractivity contribution is 5.95. The first-order chi connectivity index (χ1) is 14.4. The van der Waals surface area contributed by atoms with Crippen LogP contribution in [0.5, 0.6) is 17.5 Å². The van der Waals surface area contributed by atoms with E-state index in [-0.39, 0.29) is 17.9 Å². The third-order valence-electron chi connectivity index (χ3n) is 5.92. The van der Waals surface area contributed by atoms with Crippen LogP contribution >= 0.6 is 0 Å². The number of benzene rings is 1. The van der Waals surface area contributed by atoms with Gasteiger partial charge in [-0.1, -0.05) is 13.8 Å². The summed E-state index contributed by atoms with van der Waals surface area (Å²) in [5.74, 6) is 1.58. The van der Waals surface area contributed by atoms with E-state index in [4.69, 9.17) is 14.5 Å². The van der Waals surface area contributed by atoms with E-state index < -0.39 is 0 Å². The maximum absolute atomic E-state index is 10.2. The van der Waals surface area contributed by atoms with Crippen molar-refractivity contribution in [1.82, 2.24) is 9.97 Å². The van der Waals surface area contributed by atoms with Crippen LogP contribution < -0.4 is 4.74 Å². The fourth-order valence-electron chi connectivity index (χ4n) is 4.37. The second-order valence-corrected chi connectivity index (χ2v) is 9.05. The maximum atomic E-state index is 10.2. The second kappa shape index (κ2) is 6.97. The van der Waals surface area contributed by atoms with Gasteiger partial charge in [0.2, 0.25) is 17.7 Å². The topological polar surface area (TPSA) is 76.8 Å². The van der Waals surface area contributed by atoms with Crippen molar-refractivity contribution in [1.29, 1.82) is 0 Å². The molecule has 0 spiro atoms. The Morgan fingerprint density at radius 3 is 2.87 bits per heavy atom. The van der Waals surface area contributed by atoms with Crippen LogP contribution in [0.3, 0.4) is 0 Å². The number of aromatic hydroxyl groups is 1. The molecule has 0 amide bonds. The zero-order valence-corrected chi connectivity index (χ0v) is 17.4. The van der Waals surface area contributed by atoms with Gasteiger partial charge in [-0.2, -0.15) is 0 Å². The molecule has 1 aliphatic carbocycles. The van der Waals surface area contributed by atoms with E-state index in [1.807, 2.05) is 31.2 Å². The molecule has 1 saturated carbocycles. The summed E-state index contributed by atoms with van der Waals surface area (Å²) in [4.78, 5) is 13.6. The van der Waals surface area contributed by atoms with Crippen LogP contribution in [0.2, 0.25) is 0 Å². The fourth-order valence-corrected chi connectivity index (χ4v) is 4.37. The summed E-state index contributed by atoms with van der Waals surface area (Å²) in [6, 6.07) is 11.2. The molecule has 3 aromatic rings. The third kappa shape index (κ3) is 3.58. The Morgan fingerprint density at radius 2 is 2.00 bits per heavy atom. The molecule has 1 N–H and O–H groups in total. The van der Waals surface area contributed by atoms with Gasteiger partial charge in [0, 0.05) is 29.3 Å². The highest BCUT2D eigenvalue weighted by Gasteiger charge is 2.40. The Morgan fingerprint density at radius 1 is 1.13 bits per heavy atom. The molecule has 30 heavy (non-hydrogen) atoms. The maximum Gasteiger partial charge on any atom is 0.222 e. The van der Waals surface area contributed by atoms with Crippen LogP contribution in [-0.4, -0.2) is 33.1 Å². The molecule has 2 aliphatic rings. The monoisotopic (exact) mass is 403 g/mol. The van der Waals surface area contributed by atoms with E-state index in [1.54, 1.807) is 18.3 Å². The average molecular weight is 403 g/mol. The Kier molecular flexibility index (Phi) is 4.38. The number of nitrogens with zero attached hydrogens (tertiary/aromatic N) is 3. The minimum Gasteiger partial charge on any atom is -0.506 e. The van der Waals surface area contributed by atoms with Crippen LogP contribution in [0.1, 0.15) is 44.2 Å². The lowest BCUT2D eigenvalue weighted by Gasteiger charge is -2.35. The Labute approximate surface area is 175 Å². The molecule has 0 unspecified atom stereocenters. The fraction of sp³-hybridized carbons (Fsp3) is 0.375. The summed E-state index contributed by atoms with van der Waals surface area (Å²) in [5.41, 5.74) is 2.64. The van der Waals surface area contributed by atoms with E-state index in [2.05, 4.69) is 23.8 Å². The number of hydrogen-bond acceptors (Lipinski definition) is 6. The van der Waals surface area contributed by atoms with Gasteiger partial charge < -0.3 is 14.6 Å². The van der Waals surface area contributed by atoms with Crippen LogP contribution in [0.4, 0.5) is 0 Å². The van der Waals surface area contributed by atoms with Crippen LogP contribution in [0.25, 0.3) is 10.9 Å². The first kappa shape index (κ1) is 18.9. The van der Waals surface area contributed by atoms with Gasteiger partial charge in [0.15, 0.2) is 0 Å². The van der Waals surface area contributed by atoms with Crippen molar-refractivity contribution in [3.63, 3.8) is 0 Å². The molecule has 3 heterocycles. The van der Waals surface area contributed by atoms with Crippen molar-refractivity contribution < 1.29 is 14.6 Å². The van der Waals surface area contributed by atoms with Crippen molar-refractivity contribution in [2.75, 3.05) is 0 Å². The molecule has 154 valence electrons. The molecule has 1 fully saturated rings. The van der Waals surface area contributed by atoms with Gasteiger partial charge in [0.05, 0.1) is 6.04 Å². The number of ether oxygens (including phenoxy) is 2. The highest BCUT2D eigenvalue weighted by Crippen LogP contribution is 2.40. The number of hydrogen-bond donors (Lipinski definition) is 1. The van der Waals surface area contributed by atoms with E-state index in [0.717, 1.165) is 35.8 Å². The zero-order valence-electron chi connectivity index (χ0n) is 17.4. The summed E-state index contributed by atoms with van der Waals surface area (Å²) >= 11 is 0. The first-order valence-corrected chi connectivity index (χ1v) is 10.4. The average Bonchev–Trinajstić information content (AvgIpc) is 3.11. The lowest BCUT2D eigenvalue weighted by molar-refractivity contribution is 0.0942. The van der Waals surface area contributed by atoms with Crippen molar-refractivity contribution in [2.45, 2.75) is 52.2 Å². The number of aryl methyl sites for hydroxylation is 1. The van der Waals surface area contributed by atoms with Crippen LogP contribution in [-0.2, 0) is 4.74 Å². The summed E-state index contributed by atoms with van der Waals surface area (Å²) in [6.45, 7) is 6.53. The van der Waals surface area contributed by atoms with Gasteiger partial charge in [-0.15, -0.1) is 0 Å². The van der Waals surface area contributed by atoms with Gasteiger partial charge in [-0.05, 0) is 61.4 Å². The van der Waals surface area contributed by atoms with E-state index >= 15 is 0 Å². The van der Waals surface area contributed by atoms with Crippen LogP contribution in [0, 0.1) is 12.3 Å². The molecule has 5 rings (SSSR count). The third-order valence-corrected chi connectivity index (χ3v) is 5.92. The molecule has 0 bridgehead atoms. The standard InChI is InChI=1S/C24H25N3O3/c1-14-10-15-4-5-20(27-22(15)18(28)11-14)30-21-12-16(7-9-25-21)23-26-17-13-24(2,3)8-6-19(17)29-23/h4-5,7,9-12,17,19,28H,6,8,13H2,1-3H3/t17-,19-/m0/s1. The smallest absolute Gasteiger partial charge is 0.222 e. The van der Waals surface area contributed by atoms with Gasteiger partial charge in [0.1, 0.15) is 17.4 Å². The minimum atomic E-state index is 0.136. The molecule has 2 atom stereocenters. The number of aliphatic imine (C=N–C) groups is 1. The number of pyridine rings is 2. The van der Waals surface area contributed by atoms with E-state index in [0.29, 0.717) is 28.6 Å². The SMILES string of the molecule is Cc1cc(O)c2nc(Oc3cc(C4=N[C@H]5CC(C)(C)CC[C@@H]5O4)ccn3)ccc2c1. The second-order valence-electron chi connectivity index (χ2n) is 9.05. The predicted molar refractivity (Wildman–Crippen MR) is 115 cm³/mol. The van der Waals surface area contributed by atoms with Crippen molar-refractivity contribution in [2.24, 2.45) is 10.4 Å². The molecule has 6 nitrogen and oxygen atoms in total.